The molecule has 0 aromatic heterocycles. The summed E-state index contributed by atoms with van der Waals surface area (Å²) in [5, 5.41) is 0. The highest BCUT2D eigenvalue weighted by atomic mass is 16.6. The summed E-state index contributed by atoms with van der Waals surface area (Å²) in [6.07, 6.45) is 1.71. The lowest BCUT2D eigenvalue weighted by Gasteiger charge is -2.43. The number of methoxy groups -OCH3 is 1. The SMILES string of the molecule is CCCCOC(=O)N1CCC(=O)N(C)C[C@H]2COc3cc(OC)ccc3[C@H]21. The molecule has 0 aliphatic carbocycles. The van der Waals surface area contributed by atoms with E-state index >= 15 is 0 Å². The summed E-state index contributed by atoms with van der Waals surface area (Å²) < 4.78 is 16.7. The molecule has 7 heteroatoms. The zero-order valence-electron chi connectivity index (χ0n) is 16.3. The Morgan fingerprint density at radius 1 is 1.37 bits per heavy atom. The molecule has 0 saturated carbocycles. The Hall–Kier alpha value is -2.44. The Balaban J connectivity index is 1.93. The second-order valence-corrected chi connectivity index (χ2v) is 7.11. The van der Waals surface area contributed by atoms with Crippen molar-refractivity contribution in [3.05, 3.63) is 23.8 Å². The van der Waals surface area contributed by atoms with E-state index in [9.17, 15) is 9.59 Å². The van der Waals surface area contributed by atoms with Crippen molar-refractivity contribution in [2.75, 3.05) is 40.5 Å². The normalized spacial score (nSPS) is 22.1. The maximum atomic E-state index is 12.8. The molecule has 0 radical (unpaired) electrons. The van der Waals surface area contributed by atoms with E-state index in [-0.39, 0.29) is 30.4 Å². The van der Waals surface area contributed by atoms with Crippen LogP contribution in [-0.4, -0.2) is 62.3 Å². The zero-order chi connectivity index (χ0) is 19.4. The van der Waals surface area contributed by atoms with Crippen molar-refractivity contribution in [2.24, 2.45) is 5.92 Å². The van der Waals surface area contributed by atoms with Crippen molar-refractivity contribution in [3.63, 3.8) is 0 Å². The molecule has 2 atom stereocenters. The van der Waals surface area contributed by atoms with Crippen molar-refractivity contribution in [1.29, 1.82) is 0 Å². The lowest BCUT2D eigenvalue weighted by Crippen LogP contribution is -2.50. The molecule has 0 spiro atoms. The molecule has 148 valence electrons. The summed E-state index contributed by atoms with van der Waals surface area (Å²) in [6, 6.07) is 5.48. The molecular weight excluding hydrogens is 348 g/mol. The van der Waals surface area contributed by atoms with Gasteiger partial charge in [-0.1, -0.05) is 13.3 Å². The van der Waals surface area contributed by atoms with Crippen molar-refractivity contribution in [2.45, 2.75) is 32.2 Å². The number of benzene rings is 1. The third kappa shape index (κ3) is 4.12. The van der Waals surface area contributed by atoms with Crippen LogP contribution in [0.4, 0.5) is 4.79 Å². The van der Waals surface area contributed by atoms with Gasteiger partial charge < -0.3 is 24.0 Å². The molecule has 2 aliphatic heterocycles. The van der Waals surface area contributed by atoms with Crippen molar-refractivity contribution in [3.8, 4) is 11.5 Å². The first kappa shape index (κ1) is 19.3. The van der Waals surface area contributed by atoms with E-state index in [1.807, 2.05) is 18.2 Å². The van der Waals surface area contributed by atoms with Crippen LogP contribution in [0, 0.1) is 5.92 Å². The molecular formula is C20H28N2O5. The number of rotatable bonds is 4. The van der Waals surface area contributed by atoms with Crippen molar-refractivity contribution < 1.29 is 23.8 Å². The Morgan fingerprint density at radius 2 is 2.19 bits per heavy atom. The molecule has 3 rings (SSSR count). The number of hydrogen-bond donors (Lipinski definition) is 0. The van der Waals surface area contributed by atoms with Gasteiger partial charge in [-0.2, -0.15) is 0 Å². The van der Waals surface area contributed by atoms with Crippen LogP contribution in [0.5, 0.6) is 11.5 Å². The molecule has 1 aromatic carbocycles. The minimum absolute atomic E-state index is 0.0149. The molecule has 1 fully saturated rings. The number of carbonyl (C=O) groups is 2. The summed E-state index contributed by atoms with van der Waals surface area (Å²) in [5.74, 6) is 1.44. The highest BCUT2D eigenvalue weighted by Gasteiger charge is 2.41. The number of carbonyl (C=O) groups excluding carboxylic acids is 2. The van der Waals surface area contributed by atoms with Gasteiger partial charge in [-0.25, -0.2) is 4.79 Å². The summed E-state index contributed by atoms with van der Waals surface area (Å²) in [6.45, 7) is 3.75. The third-order valence-corrected chi connectivity index (χ3v) is 5.23. The molecule has 7 nitrogen and oxygen atoms in total. The third-order valence-electron chi connectivity index (χ3n) is 5.23. The molecule has 2 amide bonds. The zero-order valence-corrected chi connectivity index (χ0v) is 16.3. The lowest BCUT2D eigenvalue weighted by molar-refractivity contribution is -0.133. The molecule has 27 heavy (non-hydrogen) atoms. The van der Waals surface area contributed by atoms with E-state index < -0.39 is 0 Å². The molecule has 2 heterocycles. The topological polar surface area (TPSA) is 68.3 Å². The first-order valence-corrected chi connectivity index (χ1v) is 9.53. The van der Waals surface area contributed by atoms with E-state index in [1.165, 1.54) is 0 Å². The fraction of sp³-hybridized carbons (Fsp3) is 0.600. The first-order valence-electron chi connectivity index (χ1n) is 9.53. The van der Waals surface area contributed by atoms with E-state index in [0.717, 1.165) is 24.2 Å². The van der Waals surface area contributed by atoms with E-state index in [2.05, 4.69) is 6.92 Å². The number of nitrogens with zero attached hydrogens (tertiary/aromatic N) is 2. The number of ether oxygens (including phenoxy) is 3. The van der Waals surface area contributed by atoms with E-state index in [4.69, 9.17) is 14.2 Å². The lowest BCUT2D eigenvalue weighted by atomic mass is 9.88. The fourth-order valence-corrected chi connectivity index (χ4v) is 3.72. The smallest absolute Gasteiger partial charge is 0.410 e. The number of unbranched alkanes of at least 4 members (excludes halogenated alkanes) is 1. The summed E-state index contributed by atoms with van der Waals surface area (Å²) in [5.41, 5.74) is 0.933. The minimum Gasteiger partial charge on any atom is -0.497 e. The molecule has 0 N–H and O–H groups in total. The number of hydrogen-bond acceptors (Lipinski definition) is 5. The van der Waals surface area contributed by atoms with Gasteiger partial charge >= 0.3 is 6.09 Å². The molecule has 0 bridgehead atoms. The van der Waals surface area contributed by atoms with E-state index in [0.29, 0.717) is 32.1 Å². The van der Waals surface area contributed by atoms with Gasteiger partial charge in [0.15, 0.2) is 0 Å². The second-order valence-electron chi connectivity index (χ2n) is 7.11. The predicted octanol–water partition coefficient (Wildman–Crippen LogP) is 2.85. The van der Waals surface area contributed by atoms with Crippen LogP contribution >= 0.6 is 0 Å². The Bertz CT molecular complexity index is 693. The van der Waals surface area contributed by atoms with Crippen LogP contribution in [0.3, 0.4) is 0 Å². The molecule has 1 aromatic rings. The Morgan fingerprint density at radius 3 is 2.93 bits per heavy atom. The van der Waals surface area contributed by atoms with Crippen LogP contribution in [0.1, 0.15) is 37.8 Å². The Kier molecular flexibility index (Phi) is 6.08. The first-order chi connectivity index (χ1) is 13.0. The summed E-state index contributed by atoms with van der Waals surface area (Å²) >= 11 is 0. The van der Waals surface area contributed by atoms with Gasteiger partial charge in [-0.05, 0) is 18.6 Å². The average molecular weight is 376 g/mol. The largest absolute Gasteiger partial charge is 0.497 e. The molecule has 0 unspecified atom stereocenters. The molecule has 1 saturated heterocycles. The standard InChI is InChI=1S/C20H28N2O5/c1-4-5-10-26-20(24)22-9-8-18(23)21(2)12-14-13-27-17-11-15(25-3)6-7-16(17)19(14)22/h6-7,11,14,19H,4-5,8-10,12-13H2,1-3H3/t14-,19-/m0/s1. The van der Waals surface area contributed by atoms with Crippen LogP contribution in [0.15, 0.2) is 18.2 Å². The van der Waals surface area contributed by atoms with Crippen molar-refractivity contribution >= 4 is 12.0 Å². The maximum Gasteiger partial charge on any atom is 0.410 e. The molecule has 2 aliphatic rings. The van der Waals surface area contributed by atoms with Gasteiger partial charge in [0.1, 0.15) is 11.5 Å². The Labute approximate surface area is 160 Å². The predicted molar refractivity (Wildman–Crippen MR) is 99.9 cm³/mol. The van der Waals surface area contributed by atoms with Crippen molar-refractivity contribution in [1.82, 2.24) is 9.80 Å². The summed E-state index contributed by atoms with van der Waals surface area (Å²) in [7, 11) is 3.42. The van der Waals surface area contributed by atoms with Gasteiger partial charge in [0.2, 0.25) is 5.91 Å². The van der Waals surface area contributed by atoms with Gasteiger partial charge in [-0.15, -0.1) is 0 Å². The minimum atomic E-state index is -0.362. The van der Waals surface area contributed by atoms with Gasteiger partial charge in [-0.3, -0.25) is 4.79 Å². The number of amides is 2. The van der Waals surface area contributed by atoms with Crippen LogP contribution in [-0.2, 0) is 9.53 Å². The quantitative estimate of drug-likeness (QED) is 0.756. The van der Waals surface area contributed by atoms with Gasteiger partial charge in [0.05, 0.1) is 26.4 Å². The van der Waals surface area contributed by atoms with Gasteiger partial charge in [0, 0.05) is 44.1 Å². The monoisotopic (exact) mass is 376 g/mol. The average Bonchev–Trinajstić information content (AvgIpc) is 2.67. The highest BCUT2D eigenvalue weighted by molar-refractivity contribution is 5.77. The highest BCUT2D eigenvalue weighted by Crippen LogP contribution is 2.42. The van der Waals surface area contributed by atoms with Crippen LogP contribution < -0.4 is 9.47 Å². The maximum absolute atomic E-state index is 12.8. The summed E-state index contributed by atoms with van der Waals surface area (Å²) in [4.78, 5) is 28.6. The fourth-order valence-electron chi connectivity index (χ4n) is 3.72. The van der Waals surface area contributed by atoms with Gasteiger partial charge in [0.25, 0.3) is 0 Å². The number of fused-ring (bicyclic) bond motifs is 3. The van der Waals surface area contributed by atoms with E-state index in [1.54, 1.807) is 24.0 Å². The van der Waals surface area contributed by atoms with Crippen LogP contribution in [0.2, 0.25) is 0 Å². The van der Waals surface area contributed by atoms with Crippen LogP contribution in [0.25, 0.3) is 0 Å². The second kappa shape index (κ2) is 8.50.